The molecule has 2 heterocycles. The molecule has 1 aromatic carbocycles. The monoisotopic (exact) mass is 338 g/mol. The van der Waals surface area contributed by atoms with E-state index in [0.29, 0.717) is 25.7 Å². The van der Waals surface area contributed by atoms with Gasteiger partial charge in [-0.05, 0) is 31.7 Å². The Kier molecular flexibility index (Phi) is 6.06. The van der Waals surface area contributed by atoms with E-state index in [-0.39, 0.29) is 24.4 Å². The second-order valence-electron chi connectivity index (χ2n) is 6.64. The van der Waals surface area contributed by atoms with E-state index in [1.54, 1.807) is 0 Å². The fourth-order valence-corrected chi connectivity index (χ4v) is 3.94. The van der Waals surface area contributed by atoms with Crippen LogP contribution in [0.3, 0.4) is 0 Å². The summed E-state index contributed by atoms with van der Waals surface area (Å²) in [7, 11) is 0. The molecule has 5 heteroatoms. The minimum Gasteiger partial charge on any atom is -0.381 e. The predicted molar refractivity (Wildman–Crippen MR) is 93.8 cm³/mol. The summed E-state index contributed by atoms with van der Waals surface area (Å²) >= 11 is 0. The standard InChI is InChI=1S/C18H26N2O2.ClH/c1-14-16(15-5-3-2-4-6-15)7-10-20(14)17(21)18(13-19)8-11-22-12-9-18;/h2-6,14,16H,7-13,19H2,1H3;1H. The Labute approximate surface area is 144 Å². The van der Waals surface area contributed by atoms with Crippen molar-refractivity contribution in [1.29, 1.82) is 0 Å². The zero-order valence-electron chi connectivity index (χ0n) is 13.7. The van der Waals surface area contributed by atoms with E-state index >= 15 is 0 Å². The lowest BCUT2D eigenvalue weighted by Gasteiger charge is -2.39. The van der Waals surface area contributed by atoms with Gasteiger partial charge in [0.1, 0.15) is 0 Å². The molecule has 0 bridgehead atoms. The van der Waals surface area contributed by atoms with E-state index in [2.05, 4.69) is 36.1 Å². The van der Waals surface area contributed by atoms with Crippen LogP contribution in [-0.2, 0) is 9.53 Å². The Bertz CT molecular complexity index is 517. The van der Waals surface area contributed by atoms with Gasteiger partial charge in [0.25, 0.3) is 0 Å². The van der Waals surface area contributed by atoms with Crippen molar-refractivity contribution in [3.63, 3.8) is 0 Å². The van der Waals surface area contributed by atoms with Gasteiger partial charge >= 0.3 is 0 Å². The molecule has 2 saturated heterocycles. The molecule has 1 amide bonds. The maximum Gasteiger partial charge on any atom is 0.230 e. The quantitative estimate of drug-likeness (QED) is 0.921. The van der Waals surface area contributed by atoms with Crippen LogP contribution in [0.15, 0.2) is 30.3 Å². The van der Waals surface area contributed by atoms with Gasteiger partial charge in [0.2, 0.25) is 5.91 Å². The average Bonchev–Trinajstić information content (AvgIpc) is 2.97. The summed E-state index contributed by atoms with van der Waals surface area (Å²) in [4.78, 5) is 15.2. The molecule has 0 saturated carbocycles. The smallest absolute Gasteiger partial charge is 0.230 e. The molecule has 2 unspecified atom stereocenters. The fourth-order valence-electron chi connectivity index (χ4n) is 3.94. The van der Waals surface area contributed by atoms with E-state index in [1.807, 2.05) is 6.07 Å². The van der Waals surface area contributed by atoms with Gasteiger partial charge in [-0.1, -0.05) is 30.3 Å². The number of carbonyl (C=O) groups excluding carboxylic acids is 1. The normalized spacial score (nSPS) is 26.6. The first-order chi connectivity index (χ1) is 10.7. The van der Waals surface area contributed by atoms with Crippen molar-refractivity contribution in [3.8, 4) is 0 Å². The van der Waals surface area contributed by atoms with Crippen LogP contribution in [0.4, 0.5) is 0 Å². The molecule has 2 atom stereocenters. The number of benzene rings is 1. The van der Waals surface area contributed by atoms with Crippen molar-refractivity contribution in [3.05, 3.63) is 35.9 Å². The molecule has 1 aromatic rings. The highest BCUT2D eigenvalue weighted by atomic mass is 35.5. The third-order valence-corrected chi connectivity index (χ3v) is 5.54. The van der Waals surface area contributed by atoms with Gasteiger partial charge in [0.15, 0.2) is 0 Å². The molecule has 4 nitrogen and oxygen atoms in total. The van der Waals surface area contributed by atoms with Gasteiger partial charge in [-0.3, -0.25) is 4.79 Å². The highest BCUT2D eigenvalue weighted by Crippen LogP contribution is 2.38. The highest BCUT2D eigenvalue weighted by molar-refractivity contribution is 5.85. The highest BCUT2D eigenvalue weighted by Gasteiger charge is 2.45. The second-order valence-corrected chi connectivity index (χ2v) is 6.64. The number of hydrogen-bond donors (Lipinski definition) is 1. The van der Waals surface area contributed by atoms with Crippen LogP contribution >= 0.6 is 12.4 Å². The first-order valence-corrected chi connectivity index (χ1v) is 8.32. The maximum absolute atomic E-state index is 13.1. The number of carbonyl (C=O) groups is 1. The van der Waals surface area contributed by atoms with Crippen LogP contribution in [0.2, 0.25) is 0 Å². The second kappa shape index (κ2) is 7.65. The lowest BCUT2D eigenvalue weighted by atomic mass is 9.78. The number of hydrogen-bond acceptors (Lipinski definition) is 3. The van der Waals surface area contributed by atoms with Crippen molar-refractivity contribution in [2.45, 2.75) is 38.1 Å². The number of nitrogens with two attached hydrogens (primary N) is 1. The van der Waals surface area contributed by atoms with Crippen molar-refractivity contribution in [2.24, 2.45) is 11.1 Å². The molecule has 2 aliphatic heterocycles. The number of nitrogens with zero attached hydrogens (tertiary/aromatic N) is 1. The van der Waals surface area contributed by atoms with Gasteiger partial charge < -0.3 is 15.4 Å². The molecule has 0 aromatic heterocycles. The number of amides is 1. The van der Waals surface area contributed by atoms with Crippen LogP contribution < -0.4 is 5.73 Å². The number of likely N-dealkylation sites (tertiary alicyclic amines) is 1. The predicted octanol–water partition coefficient (Wildman–Crippen LogP) is 2.57. The van der Waals surface area contributed by atoms with Gasteiger partial charge in [0, 0.05) is 38.3 Å². The van der Waals surface area contributed by atoms with Crippen LogP contribution in [0, 0.1) is 5.41 Å². The molecule has 3 rings (SSSR count). The molecule has 0 spiro atoms. The molecule has 2 aliphatic rings. The van der Waals surface area contributed by atoms with Crippen LogP contribution in [0.5, 0.6) is 0 Å². The molecular weight excluding hydrogens is 312 g/mol. The average molecular weight is 339 g/mol. The zero-order valence-corrected chi connectivity index (χ0v) is 14.6. The van der Waals surface area contributed by atoms with Gasteiger partial charge in [0.05, 0.1) is 5.41 Å². The summed E-state index contributed by atoms with van der Waals surface area (Å²) in [6, 6.07) is 10.8. The fraction of sp³-hybridized carbons (Fsp3) is 0.611. The third-order valence-electron chi connectivity index (χ3n) is 5.54. The molecular formula is C18H27ClN2O2. The summed E-state index contributed by atoms with van der Waals surface area (Å²) in [6.07, 6.45) is 2.54. The summed E-state index contributed by atoms with van der Waals surface area (Å²) in [6.45, 7) is 4.73. The van der Waals surface area contributed by atoms with Crippen molar-refractivity contribution >= 4 is 18.3 Å². The Morgan fingerprint density at radius 1 is 1.30 bits per heavy atom. The molecule has 2 N–H and O–H groups in total. The van der Waals surface area contributed by atoms with Crippen LogP contribution in [-0.4, -0.2) is 43.2 Å². The van der Waals surface area contributed by atoms with Crippen molar-refractivity contribution in [2.75, 3.05) is 26.3 Å². The van der Waals surface area contributed by atoms with Gasteiger partial charge in [-0.15, -0.1) is 12.4 Å². The lowest BCUT2D eigenvalue weighted by molar-refractivity contribution is -0.147. The zero-order chi connectivity index (χ0) is 15.6. The largest absolute Gasteiger partial charge is 0.381 e. The Balaban J connectivity index is 0.00000192. The van der Waals surface area contributed by atoms with E-state index in [4.69, 9.17) is 10.5 Å². The molecule has 128 valence electrons. The van der Waals surface area contributed by atoms with E-state index in [0.717, 1.165) is 25.8 Å². The Morgan fingerprint density at radius 3 is 2.57 bits per heavy atom. The molecule has 23 heavy (non-hydrogen) atoms. The number of rotatable bonds is 3. The molecule has 0 radical (unpaired) electrons. The summed E-state index contributed by atoms with van der Waals surface area (Å²) in [5.41, 5.74) is 6.92. The van der Waals surface area contributed by atoms with Gasteiger partial charge in [-0.2, -0.15) is 0 Å². The van der Waals surface area contributed by atoms with E-state index in [9.17, 15) is 4.79 Å². The lowest BCUT2D eigenvalue weighted by Crippen LogP contribution is -2.52. The summed E-state index contributed by atoms with van der Waals surface area (Å²) in [5, 5.41) is 0. The topological polar surface area (TPSA) is 55.6 Å². The third kappa shape index (κ3) is 3.39. The van der Waals surface area contributed by atoms with E-state index in [1.165, 1.54) is 5.56 Å². The number of ether oxygens (including phenoxy) is 1. The summed E-state index contributed by atoms with van der Waals surface area (Å²) < 4.78 is 5.43. The Hall–Kier alpha value is -1.10. The Morgan fingerprint density at radius 2 is 1.96 bits per heavy atom. The van der Waals surface area contributed by atoms with Crippen molar-refractivity contribution in [1.82, 2.24) is 4.90 Å². The van der Waals surface area contributed by atoms with Crippen LogP contribution in [0.25, 0.3) is 0 Å². The molecule has 2 fully saturated rings. The van der Waals surface area contributed by atoms with Crippen LogP contribution in [0.1, 0.15) is 37.7 Å². The maximum atomic E-state index is 13.1. The SMILES string of the molecule is CC1C(c2ccccc2)CCN1C(=O)C1(CN)CCOCC1.Cl. The summed E-state index contributed by atoms with van der Waals surface area (Å²) in [5.74, 6) is 0.670. The van der Waals surface area contributed by atoms with E-state index < -0.39 is 5.41 Å². The minimum absolute atomic E-state index is 0. The number of halogens is 1. The molecule has 0 aliphatic carbocycles. The minimum atomic E-state index is -0.405. The van der Waals surface area contributed by atoms with Crippen molar-refractivity contribution < 1.29 is 9.53 Å². The first kappa shape index (κ1) is 18.2. The first-order valence-electron chi connectivity index (χ1n) is 8.32. The van der Waals surface area contributed by atoms with Gasteiger partial charge in [-0.25, -0.2) is 0 Å².